The monoisotopic (exact) mass is 215 g/mol. The number of nitrogens with one attached hydrogen (secondary N) is 1. The highest BCUT2D eigenvalue weighted by atomic mass is 16.6. The average Bonchev–Trinajstić information content (AvgIpc) is 1.97. The van der Waals surface area contributed by atoms with Crippen LogP contribution in [-0.4, -0.2) is 30.3 Å². The third-order valence-corrected chi connectivity index (χ3v) is 2.06. The summed E-state index contributed by atoms with van der Waals surface area (Å²) in [6, 6.07) is 0.0600. The van der Waals surface area contributed by atoms with E-state index < -0.39 is 11.7 Å². The summed E-state index contributed by atoms with van der Waals surface area (Å²) in [6.45, 7) is 5.87. The number of amides is 1. The molecule has 0 heterocycles. The van der Waals surface area contributed by atoms with Crippen molar-refractivity contribution in [1.29, 1.82) is 0 Å². The molecule has 1 saturated carbocycles. The number of carbonyl (C=O) groups excluding carboxylic acids is 2. The molecule has 86 valence electrons. The van der Waals surface area contributed by atoms with Crippen LogP contribution >= 0.6 is 0 Å². The first-order valence-corrected chi connectivity index (χ1v) is 4.99. The SMILES string of the molecule is CC(C)(C)OC(=O)NC1CC(OC=O)C1. The minimum absolute atomic E-state index is 0.0533. The molecule has 0 bridgehead atoms. The summed E-state index contributed by atoms with van der Waals surface area (Å²) in [7, 11) is 0. The Morgan fingerprint density at radius 1 is 1.40 bits per heavy atom. The van der Waals surface area contributed by atoms with Crippen LogP contribution in [0.15, 0.2) is 0 Å². The fourth-order valence-electron chi connectivity index (χ4n) is 1.35. The van der Waals surface area contributed by atoms with Crippen molar-refractivity contribution in [1.82, 2.24) is 5.32 Å². The zero-order valence-electron chi connectivity index (χ0n) is 9.28. The molecular weight excluding hydrogens is 198 g/mol. The molecule has 0 atom stereocenters. The maximum atomic E-state index is 11.3. The van der Waals surface area contributed by atoms with E-state index in [2.05, 4.69) is 5.32 Å². The highest BCUT2D eigenvalue weighted by Crippen LogP contribution is 2.22. The minimum Gasteiger partial charge on any atom is -0.464 e. The molecule has 0 spiro atoms. The first-order valence-electron chi connectivity index (χ1n) is 4.99. The Morgan fingerprint density at radius 2 is 2.00 bits per heavy atom. The Hall–Kier alpha value is -1.26. The van der Waals surface area contributed by atoms with Gasteiger partial charge in [-0.3, -0.25) is 4.79 Å². The molecule has 5 nitrogen and oxygen atoms in total. The Balaban J connectivity index is 2.16. The second kappa shape index (κ2) is 4.51. The molecule has 0 aromatic heterocycles. The third kappa shape index (κ3) is 4.18. The Labute approximate surface area is 89.1 Å². The van der Waals surface area contributed by atoms with Crippen molar-refractivity contribution in [2.75, 3.05) is 0 Å². The summed E-state index contributed by atoms with van der Waals surface area (Å²) in [5, 5.41) is 2.70. The zero-order chi connectivity index (χ0) is 11.5. The molecule has 5 heteroatoms. The van der Waals surface area contributed by atoms with Crippen LogP contribution in [0.5, 0.6) is 0 Å². The third-order valence-electron chi connectivity index (χ3n) is 2.06. The summed E-state index contributed by atoms with van der Waals surface area (Å²) >= 11 is 0. The van der Waals surface area contributed by atoms with Crippen molar-refractivity contribution in [2.45, 2.75) is 51.4 Å². The Kier molecular flexibility index (Phi) is 3.55. The van der Waals surface area contributed by atoms with Gasteiger partial charge in [-0.15, -0.1) is 0 Å². The van der Waals surface area contributed by atoms with Crippen molar-refractivity contribution < 1.29 is 19.1 Å². The first-order chi connectivity index (χ1) is 6.90. The minimum atomic E-state index is -0.480. The molecule has 15 heavy (non-hydrogen) atoms. The number of hydrogen-bond donors (Lipinski definition) is 1. The average molecular weight is 215 g/mol. The lowest BCUT2D eigenvalue weighted by atomic mass is 9.89. The van der Waals surface area contributed by atoms with Gasteiger partial charge in [0, 0.05) is 18.9 Å². The second-order valence-electron chi connectivity index (χ2n) is 4.67. The molecule has 1 aliphatic carbocycles. The number of hydrogen-bond acceptors (Lipinski definition) is 4. The van der Waals surface area contributed by atoms with Gasteiger partial charge in [-0.2, -0.15) is 0 Å². The van der Waals surface area contributed by atoms with E-state index in [1.54, 1.807) is 0 Å². The zero-order valence-corrected chi connectivity index (χ0v) is 9.28. The first kappa shape index (κ1) is 11.8. The summed E-state index contributed by atoms with van der Waals surface area (Å²) < 4.78 is 9.80. The number of ether oxygens (including phenoxy) is 2. The highest BCUT2D eigenvalue weighted by Gasteiger charge is 2.32. The van der Waals surface area contributed by atoms with Crippen LogP contribution in [0, 0.1) is 0 Å². The summed E-state index contributed by atoms with van der Waals surface area (Å²) in [4.78, 5) is 21.3. The number of carbonyl (C=O) groups is 2. The van der Waals surface area contributed by atoms with Gasteiger partial charge in [0.15, 0.2) is 0 Å². The molecule has 1 amide bonds. The summed E-state index contributed by atoms with van der Waals surface area (Å²) in [5.41, 5.74) is -0.480. The molecular formula is C10H17NO4. The largest absolute Gasteiger partial charge is 0.464 e. The molecule has 0 radical (unpaired) electrons. The van der Waals surface area contributed by atoms with Crippen molar-refractivity contribution >= 4 is 12.6 Å². The highest BCUT2D eigenvalue weighted by molar-refractivity contribution is 5.68. The van der Waals surface area contributed by atoms with Crippen molar-refractivity contribution in [3.8, 4) is 0 Å². The van der Waals surface area contributed by atoms with Gasteiger partial charge < -0.3 is 14.8 Å². The van der Waals surface area contributed by atoms with Crippen molar-refractivity contribution in [3.63, 3.8) is 0 Å². The smallest absolute Gasteiger partial charge is 0.407 e. The van der Waals surface area contributed by atoms with Crippen LogP contribution < -0.4 is 5.32 Å². The normalized spacial score (nSPS) is 25.0. The Morgan fingerprint density at radius 3 is 2.47 bits per heavy atom. The topological polar surface area (TPSA) is 64.6 Å². The van der Waals surface area contributed by atoms with E-state index >= 15 is 0 Å². The maximum absolute atomic E-state index is 11.3. The van der Waals surface area contributed by atoms with Gasteiger partial charge in [-0.05, 0) is 20.8 Å². The van der Waals surface area contributed by atoms with Crippen molar-refractivity contribution in [3.05, 3.63) is 0 Å². The van der Waals surface area contributed by atoms with E-state index in [9.17, 15) is 9.59 Å². The van der Waals surface area contributed by atoms with E-state index in [4.69, 9.17) is 9.47 Å². The standard InChI is InChI=1S/C10H17NO4/c1-10(2,3)15-9(13)11-7-4-8(5-7)14-6-12/h6-8H,4-5H2,1-3H3,(H,11,13). The lowest BCUT2D eigenvalue weighted by Gasteiger charge is -2.34. The van der Waals surface area contributed by atoms with E-state index in [0.29, 0.717) is 19.3 Å². The van der Waals surface area contributed by atoms with E-state index in [1.165, 1.54) is 0 Å². The predicted octanol–water partition coefficient (Wildman–Crippen LogP) is 1.22. The Bertz CT molecular complexity index is 240. The van der Waals surface area contributed by atoms with Crippen molar-refractivity contribution in [2.24, 2.45) is 0 Å². The quantitative estimate of drug-likeness (QED) is 0.719. The molecule has 0 aromatic rings. The number of alkyl carbamates (subject to hydrolysis) is 1. The van der Waals surface area contributed by atoms with Gasteiger partial charge >= 0.3 is 6.09 Å². The van der Waals surface area contributed by atoms with Crippen LogP contribution in [0.2, 0.25) is 0 Å². The van der Waals surface area contributed by atoms with Gasteiger partial charge in [-0.25, -0.2) is 4.79 Å². The molecule has 1 fully saturated rings. The second-order valence-corrected chi connectivity index (χ2v) is 4.67. The maximum Gasteiger partial charge on any atom is 0.407 e. The van der Waals surface area contributed by atoms with E-state index in [0.717, 1.165) is 0 Å². The summed E-state index contributed by atoms with van der Waals surface area (Å²) in [5.74, 6) is 0. The summed E-state index contributed by atoms with van der Waals surface area (Å²) in [6.07, 6.45) is 0.857. The fourth-order valence-corrected chi connectivity index (χ4v) is 1.35. The van der Waals surface area contributed by atoms with Crippen LogP contribution in [0.25, 0.3) is 0 Å². The van der Waals surface area contributed by atoms with Crippen LogP contribution in [0.1, 0.15) is 33.6 Å². The molecule has 1 rings (SSSR count). The molecule has 1 aliphatic rings. The van der Waals surface area contributed by atoms with Gasteiger partial charge in [0.25, 0.3) is 6.47 Å². The molecule has 1 N–H and O–H groups in total. The predicted molar refractivity (Wildman–Crippen MR) is 53.3 cm³/mol. The molecule has 0 unspecified atom stereocenters. The van der Waals surface area contributed by atoms with Gasteiger partial charge in [-0.1, -0.05) is 0 Å². The number of rotatable bonds is 3. The van der Waals surface area contributed by atoms with Gasteiger partial charge in [0.2, 0.25) is 0 Å². The molecule has 0 aliphatic heterocycles. The molecule has 0 saturated heterocycles. The lowest BCUT2D eigenvalue weighted by Crippen LogP contribution is -2.49. The van der Waals surface area contributed by atoms with Crippen LogP contribution in [-0.2, 0) is 14.3 Å². The fraction of sp³-hybridized carbons (Fsp3) is 0.800. The van der Waals surface area contributed by atoms with Gasteiger partial charge in [0.1, 0.15) is 11.7 Å². The lowest BCUT2D eigenvalue weighted by molar-refractivity contribution is -0.138. The van der Waals surface area contributed by atoms with Gasteiger partial charge in [0.05, 0.1) is 0 Å². The molecule has 0 aromatic carbocycles. The van der Waals surface area contributed by atoms with E-state index in [1.807, 2.05) is 20.8 Å². The van der Waals surface area contributed by atoms with E-state index in [-0.39, 0.29) is 12.1 Å². The van der Waals surface area contributed by atoms with Crippen LogP contribution in [0.3, 0.4) is 0 Å². The van der Waals surface area contributed by atoms with Crippen LogP contribution in [0.4, 0.5) is 4.79 Å².